The largest absolute Gasteiger partial charge is 0.466 e. The van der Waals surface area contributed by atoms with Crippen LogP contribution in [-0.2, 0) is 20.7 Å². The van der Waals surface area contributed by atoms with Crippen LogP contribution in [0.5, 0.6) is 0 Å². The SMILES string of the molecule is COC(=O)C(Cc1ccc(C(=O)N2CCOCC2)cc1)=C(C)C(C)C. The van der Waals surface area contributed by atoms with Crippen LogP contribution < -0.4 is 0 Å². The second-order valence-electron chi connectivity index (χ2n) is 6.59. The number of carbonyl (C=O) groups excluding carboxylic acids is 2. The van der Waals surface area contributed by atoms with Gasteiger partial charge in [-0.05, 0) is 30.5 Å². The molecule has 25 heavy (non-hydrogen) atoms. The number of carbonyl (C=O) groups is 2. The van der Waals surface area contributed by atoms with Crippen LogP contribution in [0.4, 0.5) is 0 Å². The van der Waals surface area contributed by atoms with Crippen LogP contribution in [0.2, 0.25) is 0 Å². The minimum absolute atomic E-state index is 0.0249. The fraction of sp³-hybridized carbons (Fsp3) is 0.500. The number of nitrogens with zero attached hydrogens (tertiary/aromatic N) is 1. The smallest absolute Gasteiger partial charge is 0.334 e. The Morgan fingerprint density at radius 1 is 1.16 bits per heavy atom. The van der Waals surface area contributed by atoms with E-state index in [0.29, 0.717) is 43.9 Å². The van der Waals surface area contributed by atoms with E-state index < -0.39 is 0 Å². The van der Waals surface area contributed by atoms with Gasteiger partial charge in [0, 0.05) is 30.6 Å². The number of allylic oxidation sites excluding steroid dienone is 1. The van der Waals surface area contributed by atoms with Crippen LogP contribution in [-0.4, -0.2) is 50.2 Å². The molecular formula is C20H27NO4. The van der Waals surface area contributed by atoms with Gasteiger partial charge < -0.3 is 14.4 Å². The summed E-state index contributed by atoms with van der Waals surface area (Å²) in [5.41, 5.74) is 3.36. The van der Waals surface area contributed by atoms with Crippen molar-refractivity contribution in [3.05, 3.63) is 46.5 Å². The topological polar surface area (TPSA) is 55.8 Å². The van der Waals surface area contributed by atoms with E-state index in [1.807, 2.05) is 31.2 Å². The molecule has 0 N–H and O–H groups in total. The maximum Gasteiger partial charge on any atom is 0.334 e. The zero-order chi connectivity index (χ0) is 18.4. The molecule has 1 aliphatic heterocycles. The molecule has 0 aromatic heterocycles. The molecule has 0 aliphatic carbocycles. The summed E-state index contributed by atoms with van der Waals surface area (Å²) < 4.78 is 10.2. The van der Waals surface area contributed by atoms with Crippen LogP contribution in [0.3, 0.4) is 0 Å². The zero-order valence-corrected chi connectivity index (χ0v) is 15.5. The summed E-state index contributed by atoms with van der Waals surface area (Å²) in [6.07, 6.45) is 0.503. The third kappa shape index (κ3) is 4.92. The maximum absolute atomic E-state index is 12.5. The third-order valence-electron chi connectivity index (χ3n) is 4.65. The van der Waals surface area contributed by atoms with E-state index in [1.165, 1.54) is 7.11 Å². The molecule has 0 atom stereocenters. The highest BCUT2D eigenvalue weighted by Gasteiger charge is 2.19. The minimum Gasteiger partial charge on any atom is -0.466 e. The summed E-state index contributed by atoms with van der Waals surface area (Å²) in [5.74, 6) is 0.00730. The molecule has 2 rings (SSSR count). The van der Waals surface area contributed by atoms with E-state index in [-0.39, 0.29) is 17.8 Å². The van der Waals surface area contributed by atoms with Crippen molar-refractivity contribution in [1.82, 2.24) is 4.90 Å². The lowest BCUT2D eigenvalue weighted by Crippen LogP contribution is -2.40. The number of hydrogen-bond donors (Lipinski definition) is 0. The first kappa shape index (κ1) is 19.2. The first-order chi connectivity index (χ1) is 11.9. The first-order valence-electron chi connectivity index (χ1n) is 8.68. The Morgan fingerprint density at radius 2 is 1.76 bits per heavy atom. The van der Waals surface area contributed by atoms with Crippen LogP contribution in [0.25, 0.3) is 0 Å². The van der Waals surface area contributed by atoms with E-state index in [9.17, 15) is 9.59 Å². The van der Waals surface area contributed by atoms with Gasteiger partial charge in [0.15, 0.2) is 0 Å². The van der Waals surface area contributed by atoms with Gasteiger partial charge >= 0.3 is 5.97 Å². The summed E-state index contributed by atoms with van der Waals surface area (Å²) >= 11 is 0. The number of methoxy groups -OCH3 is 1. The van der Waals surface area contributed by atoms with Gasteiger partial charge in [-0.1, -0.05) is 31.6 Å². The van der Waals surface area contributed by atoms with E-state index in [0.717, 1.165) is 11.1 Å². The molecule has 0 unspecified atom stereocenters. The molecular weight excluding hydrogens is 318 g/mol. The zero-order valence-electron chi connectivity index (χ0n) is 15.5. The Bertz CT molecular complexity index is 640. The lowest BCUT2D eigenvalue weighted by Gasteiger charge is -2.26. The lowest BCUT2D eigenvalue weighted by atomic mass is 9.94. The normalized spacial score (nSPS) is 15.8. The van der Waals surface area contributed by atoms with Crippen molar-refractivity contribution < 1.29 is 19.1 Å². The molecule has 1 saturated heterocycles. The third-order valence-corrected chi connectivity index (χ3v) is 4.65. The molecule has 0 saturated carbocycles. The Kier molecular flexibility index (Phi) is 6.76. The van der Waals surface area contributed by atoms with E-state index in [2.05, 4.69) is 13.8 Å². The van der Waals surface area contributed by atoms with Crippen molar-refractivity contribution in [2.24, 2.45) is 5.92 Å². The van der Waals surface area contributed by atoms with Gasteiger partial charge in [-0.3, -0.25) is 4.79 Å². The van der Waals surface area contributed by atoms with E-state index in [4.69, 9.17) is 9.47 Å². The van der Waals surface area contributed by atoms with E-state index >= 15 is 0 Å². The van der Waals surface area contributed by atoms with Gasteiger partial charge in [0.05, 0.1) is 20.3 Å². The molecule has 1 aliphatic rings. The minimum atomic E-state index is -0.292. The Morgan fingerprint density at radius 3 is 2.28 bits per heavy atom. The Hall–Kier alpha value is -2.14. The molecule has 1 aromatic carbocycles. The van der Waals surface area contributed by atoms with Crippen molar-refractivity contribution in [3.8, 4) is 0 Å². The van der Waals surface area contributed by atoms with Gasteiger partial charge in [-0.25, -0.2) is 4.79 Å². The van der Waals surface area contributed by atoms with Crippen molar-refractivity contribution in [1.29, 1.82) is 0 Å². The average molecular weight is 345 g/mol. The summed E-state index contributed by atoms with van der Waals surface area (Å²) in [6.45, 7) is 8.52. The van der Waals surface area contributed by atoms with Crippen molar-refractivity contribution in [3.63, 3.8) is 0 Å². The fourth-order valence-corrected chi connectivity index (χ4v) is 2.76. The highest BCUT2D eigenvalue weighted by atomic mass is 16.5. The van der Waals surface area contributed by atoms with Crippen LogP contribution >= 0.6 is 0 Å². The van der Waals surface area contributed by atoms with Crippen LogP contribution in [0.1, 0.15) is 36.7 Å². The maximum atomic E-state index is 12.5. The van der Waals surface area contributed by atoms with Crippen molar-refractivity contribution in [2.75, 3.05) is 33.4 Å². The molecule has 136 valence electrons. The summed E-state index contributed by atoms with van der Waals surface area (Å²) in [4.78, 5) is 26.4. The predicted octanol–water partition coefficient (Wildman–Crippen LogP) is 2.85. The fourth-order valence-electron chi connectivity index (χ4n) is 2.76. The molecule has 1 heterocycles. The van der Waals surface area contributed by atoms with Crippen molar-refractivity contribution >= 4 is 11.9 Å². The van der Waals surface area contributed by atoms with Gasteiger partial charge in [-0.15, -0.1) is 0 Å². The van der Waals surface area contributed by atoms with E-state index in [1.54, 1.807) is 4.90 Å². The number of amides is 1. The summed E-state index contributed by atoms with van der Waals surface area (Å²) in [7, 11) is 1.40. The lowest BCUT2D eigenvalue weighted by molar-refractivity contribution is -0.136. The predicted molar refractivity (Wildman–Crippen MR) is 96.4 cm³/mol. The number of esters is 1. The molecule has 1 fully saturated rings. The van der Waals surface area contributed by atoms with Gasteiger partial charge in [0.25, 0.3) is 5.91 Å². The quantitative estimate of drug-likeness (QED) is 0.608. The molecule has 0 radical (unpaired) electrons. The molecule has 1 aromatic rings. The second-order valence-corrected chi connectivity index (χ2v) is 6.59. The standard InChI is InChI=1S/C20H27NO4/c1-14(2)15(3)18(20(23)24-4)13-16-5-7-17(8-6-16)19(22)21-9-11-25-12-10-21/h5-8,14H,9-13H2,1-4H3. The molecule has 0 spiro atoms. The molecule has 5 nitrogen and oxygen atoms in total. The number of rotatable bonds is 5. The van der Waals surface area contributed by atoms with Gasteiger partial charge in [0.1, 0.15) is 0 Å². The average Bonchev–Trinajstić information content (AvgIpc) is 2.65. The van der Waals surface area contributed by atoms with Crippen molar-refractivity contribution in [2.45, 2.75) is 27.2 Å². The highest BCUT2D eigenvalue weighted by Crippen LogP contribution is 2.20. The summed E-state index contributed by atoms with van der Waals surface area (Å²) in [5, 5.41) is 0. The molecule has 5 heteroatoms. The number of morpholine rings is 1. The first-order valence-corrected chi connectivity index (χ1v) is 8.68. The highest BCUT2D eigenvalue weighted by molar-refractivity contribution is 5.94. The van der Waals surface area contributed by atoms with Gasteiger partial charge in [-0.2, -0.15) is 0 Å². The molecule has 0 bridgehead atoms. The van der Waals surface area contributed by atoms with Crippen LogP contribution in [0, 0.1) is 5.92 Å². The summed E-state index contributed by atoms with van der Waals surface area (Å²) in [6, 6.07) is 7.47. The molecule has 1 amide bonds. The van der Waals surface area contributed by atoms with Gasteiger partial charge in [0.2, 0.25) is 0 Å². The number of benzene rings is 1. The van der Waals surface area contributed by atoms with Crippen LogP contribution in [0.15, 0.2) is 35.4 Å². The monoisotopic (exact) mass is 345 g/mol. The Labute approximate surface area is 149 Å². The Balaban J connectivity index is 2.14. The number of hydrogen-bond acceptors (Lipinski definition) is 4. The number of ether oxygens (including phenoxy) is 2. The second kappa shape index (κ2) is 8.81.